The Kier molecular flexibility index (Phi) is 6.93. The summed E-state index contributed by atoms with van der Waals surface area (Å²) in [6, 6.07) is 60.2. The highest BCUT2D eigenvalue weighted by Crippen LogP contribution is 2.47. The summed E-state index contributed by atoms with van der Waals surface area (Å²) in [4.78, 5) is 0. The molecular formula is C47H26N4. The first-order valence-corrected chi connectivity index (χ1v) is 16.7. The number of hydrogen-bond donors (Lipinski definition) is 0. The molecule has 0 bridgehead atoms. The zero-order chi connectivity index (χ0) is 34.5. The Bertz CT molecular complexity index is 2940. The quantitative estimate of drug-likeness (QED) is 0.179. The molecule has 0 fully saturated rings. The molecule has 0 N–H and O–H groups in total. The van der Waals surface area contributed by atoms with Crippen LogP contribution in [0.5, 0.6) is 0 Å². The van der Waals surface area contributed by atoms with E-state index in [1.54, 1.807) is 0 Å². The maximum Gasteiger partial charge on any atom is 0.0991 e. The van der Waals surface area contributed by atoms with Gasteiger partial charge in [0, 0.05) is 16.3 Å². The Balaban J connectivity index is 1.42. The Labute approximate surface area is 294 Å². The van der Waals surface area contributed by atoms with Crippen LogP contribution in [0, 0.1) is 34.0 Å². The SMILES string of the molecule is N#Cc1ccc(-c2c3ccccc3c(-c3ccccc3)c3ccccc23)c(-c2cc(C#N)ccc2-n2c3ccccc3c3cc(C#N)ccc32)c1. The molecule has 1 aromatic heterocycles. The summed E-state index contributed by atoms with van der Waals surface area (Å²) in [5, 5.41) is 36.6. The Hall–Kier alpha value is -7.45. The third-order valence-electron chi connectivity index (χ3n) is 9.87. The third kappa shape index (κ3) is 4.66. The zero-order valence-electron chi connectivity index (χ0n) is 27.3. The highest BCUT2D eigenvalue weighted by atomic mass is 15.0. The average Bonchev–Trinajstić information content (AvgIpc) is 3.53. The summed E-state index contributed by atoms with van der Waals surface area (Å²) in [5.74, 6) is 0. The van der Waals surface area contributed by atoms with E-state index in [4.69, 9.17) is 0 Å². The van der Waals surface area contributed by atoms with E-state index in [1.807, 2.05) is 66.7 Å². The monoisotopic (exact) mass is 646 g/mol. The number of hydrogen-bond acceptors (Lipinski definition) is 3. The maximum atomic E-state index is 10.2. The van der Waals surface area contributed by atoms with Crippen molar-refractivity contribution in [3.05, 3.63) is 174 Å². The molecule has 0 saturated heterocycles. The average molecular weight is 647 g/mol. The lowest BCUT2D eigenvalue weighted by Crippen LogP contribution is -2.00. The molecule has 8 aromatic carbocycles. The van der Waals surface area contributed by atoms with Crippen LogP contribution in [0.1, 0.15) is 16.7 Å². The lowest BCUT2D eigenvalue weighted by Gasteiger charge is -2.21. The summed E-state index contributed by atoms with van der Waals surface area (Å²) in [6.45, 7) is 0. The van der Waals surface area contributed by atoms with E-state index in [0.29, 0.717) is 16.7 Å². The van der Waals surface area contributed by atoms with E-state index in [9.17, 15) is 15.8 Å². The van der Waals surface area contributed by atoms with Gasteiger partial charge < -0.3 is 4.57 Å². The molecule has 0 amide bonds. The van der Waals surface area contributed by atoms with Gasteiger partial charge in [-0.3, -0.25) is 0 Å². The minimum absolute atomic E-state index is 0.517. The van der Waals surface area contributed by atoms with E-state index >= 15 is 0 Å². The summed E-state index contributed by atoms with van der Waals surface area (Å²) < 4.78 is 2.21. The van der Waals surface area contributed by atoms with Gasteiger partial charge in [0.1, 0.15) is 0 Å². The van der Waals surface area contributed by atoms with Crippen molar-refractivity contribution in [2.75, 3.05) is 0 Å². The van der Waals surface area contributed by atoms with Crippen molar-refractivity contribution in [2.45, 2.75) is 0 Å². The molecule has 0 atom stereocenters. The maximum absolute atomic E-state index is 10.2. The van der Waals surface area contributed by atoms with Crippen molar-refractivity contribution < 1.29 is 0 Å². The molecule has 9 aromatic rings. The van der Waals surface area contributed by atoms with Gasteiger partial charge in [-0.15, -0.1) is 0 Å². The van der Waals surface area contributed by atoms with Crippen LogP contribution in [0.15, 0.2) is 158 Å². The molecular weight excluding hydrogens is 621 g/mol. The molecule has 9 rings (SSSR count). The van der Waals surface area contributed by atoms with Crippen molar-refractivity contribution in [1.82, 2.24) is 4.57 Å². The van der Waals surface area contributed by atoms with Gasteiger partial charge in [0.25, 0.3) is 0 Å². The number of aromatic nitrogens is 1. The highest BCUT2D eigenvalue weighted by molar-refractivity contribution is 6.22. The van der Waals surface area contributed by atoms with Gasteiger partial charge in [-0.05, 0) is 104 Å². The van der Waals surface area contributed by atoms with Gasteiger partial charge in [-0.2, -0.15) is 15.8 Å². The fourth-order valence-corrected chi connectivity index (χ4v) is 7.71. The van der Waals surface area contributed by atoms with Crippen molar-refractivity contribution in [2.24, 2.45) is 0 Å². The third-order valence-corrected chi connectivity index (χ3v) is 9.87. The van der Waals surface area contributed by atoms with Crippen molar-refractivity contribution in [3.8, 4) is 57.3 Å². The summed E-state index contributed by atoms with van der Waals surface area (Å²) in [6.07, 6.45) is 0. The van der Waals surface area contributed by atoms with Crippen molar-refractivity contribution in [1.29, 1.82) is 15.8 Å². The van der Waals surface area contributed by atoms with Gasteiger partial charge >= 0.3 is 0 Å². The van der Waals surface area contributed by atoms with E-state index in [2.05, 4.69) is 114 Å². The van der Waals surface area contributed by atoms with Gasteiger partial charge in [-0.1, -0.05) is 103 Å². The number of fused-ring (bicyclic) bond motifs is 5. The Morgan fingerprint density at radius 2 is 0.843 bits per heavy atom. The molecule has 0 aliphatic heterocycles. The van der Waals surface area contributed by atoms with Gasteiger partial charge in [0.05, 0.1) is 51.6 Å². The predicted octanol–water partition coefficient (Wildman–Crippen LogP) is 11.7. The lowest BCUT2D eigenvalue weighted by atomic mass is 9.83. The van der Waals surface area contributed by atoms with E-state index in [-0.39, 0.29) is 0 Å². The number of rotatable bonds is 4. The normalized spacial score (nSPS) is 11.1. The molecule has 51 heavy (non-hydrogen) atoms. The second-order valence-corrected chi connectivity index (χ2v) is 12.6. The van der Waals surface area contributed by atoms with Crippen LogP contribution in [-0.4, -0.2) is 4.57 Å². The topological polar surface area (TPSA) is 76.3 Å². The summed E-state index contributed by atoms with van der Waals surface area (Å²) in [7, 11) is 0. The van der Waals surface area contributed by atoms with E-state index in [0.717, 1.165) is 76.9 Å². The number of nitrogens with zero attached hydrogens (tertiary/aromatic N) is 4. The largest absolute Gasteiger partial charge is 0.309 e. The van der Waals surface area contributed by atoms with Crippen LogP contribution in [0.25, 0.3) is 82.4 Å². The number of nitriles is 3. The highest BCUT2D eigenvalue weighted by Gasteiger charge is 2.22. The van der Waals surface area contributed by atoms with Crippen molar-refractivity contribution in [3.63, 3.8) is 0 Å². The lowest BCUT2D eigenvalue weighted by molar-refractivity contribution is 1.18. The minimum atomic E-state index is 0.517. The van der Waals surface area contributed by atoms with Crippen LogP contribution in [0.4, 0.5) is 0 Å². The number of benzene rings is 8. The molecule has 0 unspecified atom stereocenters. The molecule has 4 heteroatoms. The van der Waals surface area contributed by atoms with E-state index in [1.165, 1.54) is 5.56 Å². The van der Waals surface area contributed by atoms with Gasteiger partial charge in [0.15, 0.2) is 0 Å². The predicted molar refractivity (Wildman–Crippen MR) is 206 cm³/mol. The first kappa shape index (κ1) is 29.7. The first-order chi connectivity index (χ1) is 25.2. The van der Waals surface area contributed by atoms with Gasteiger partial charge in [0.2, 0.25) is 0 Å². The van der Waals surface area contributed by atoms with Crippen LogP contribution in [-0.2, 0) is 0 Å². The molecule has 0 saturated carbocycles. The standard InChI is InChI=1S/C47H26N4/c48-27-30-18-21-39(47-37-15-6-4-13-35(37)46(33-10-2-1-3-11-33)36-14-5-7-16-38(36)47)40(24-30)42-26-32(29-50)20-23-45(42)51-43-17-9-8-12-34(43)41-25-31(28-49)19-22-44(41)51/h1-26H. The van der Waals surface area contributed by atoms with Crippen LogP contribution >= 0.6 is 0 Å². The fraction of sp³-hybridized carbons (Fsp3) is 0. The van der Waals surface area contributed by atoms with Crippen LogP contribution in [0.2, 0.25) is 0 Å². The second-order valence-electron chi connectivity index (χ2n) is 12.6. The number of para-hydroxylation sites is 1. The molecule has 234 valence electrons. The summed E-state index contributed by atoms with van der Waals surface area (Å²) >= 11 is 0. The van der Waals surface area contributed by atoms with Crippen LogP contribution in [0.3, 0.4) is 0 Å². The molecule has 1 heterocycles. The molecule has 0 aliphatic carbocycles. The summed E-state index contributed by atoms with van der Waals surface area (Å²) in [5.41, 5.74) is 10.5. The fourth-order valence-electron chi connectivity index (χ4n) is 7.71. The minimum Gasteiger partial charge on any atom is -0.309 e. The molecule has 0 aliphatic rings. The zero-order valence-corrected chi connectivity index (χ0v) is 27.3. The molecule has 0 radical (unpaired) electrons. The first-order valence-electron chi connectivity index (χ1n) is 16.7. The van der Waals surface area contributed by atoms with Gasteiger partial charge in [-0.25, -0.2) is 0 Å². The smallest absolute Gasteiger partial charge is 0.0991 e. The van der Waals surface area contributed by atoms with E-state index < -0.39 is 0 Å². The van der Waals surface area contributed by atoms with Crippen LogP contribution < -0.4 is 0 Å². The molecule has 0 spiro atoms. The second kappa shape index (κ2) is 11.9. The molecule has 4 nitrogen and oxygen atoms in total. The Morgan fingerprint density at radius 3 is 1.49 bits per heavy atom. The van der Waals surface area contributed by atoms with Crippen molar-refractivity contribution >= 4 is 43.4 Å². The Morgan fingerprint density at radius 1 is 0.353 bits per heavy atom.